The molecule has 0 aliphatic heterocycles. The molecule has 0 radical (unpaired) electrons. The minimum Gasteiger partial charge on any atom is -0.459 e. The van der Waals surface area contributed by atoms with Gasteiger partial charge >= 0.3 is 5.97 Å². The second kappa shape index (κ2) is 7.74. The number of ether oxygens (including phenoxy) is 1. The van der Waals surface area contributed by atoms with E-state index in [1.165, 1.54) is 22.2 Å². The molecular weight excluding hydrogens is 354 g/mol. The number of carbonyl (C=O) groups is 1. The number of esters is 1. The summed E-state index contributed by atoms with van der Waals surface area (Å²) in [5.74, 6) is 1.24. The molecule has 0 N–H and O–H groups in total. The Morgan fingerprint density at radius 2 is 2.12 bits per heavy atom. The molecule has 3 aromatic heterocycles. The van der Waals surface area contributed by atoms with Crippen molar-refractivity contribution in [1.82, 2.24) is 14.5 Å². The molecule has 3 rings (SSSR count). The van der Waals surface area contributed by atoms with Crippen molar-refractivity contribution < 1.29 is 14.1 Å². The molecule has 3 aromatic rings. The van der Waals surface area contributed by atoms with Crippen LogP contribution in [0.4, 0.5) is 0 Å². The fourth-order valence-electron chi connectivity index (χ4n) is 2.47. The quantitative estimate of drug-likeness (QED) is 0.614. The predicted octanol–water partition coefficient (Wildman–Crippen LogP) is 2.58. The summed E-state index contributed by atoms with van der Waals surface area (Å²) >= 11 is 1.43. The second-order valence-electron chi connectivity index (χ2n) is 5.98. The lowest BCUT2D eigenvalue weighted by Gasteiger charge is -2.06. The van der Waals surface area contributed by atoms with Crippen LogP contribution in [0.15, 0.2) is 33.7 Å². The summed E-state index contributed by atoms with van der Waals surface area (Å²) in [5.41, 5.74) is 3.57. The van der Waals surface area contributed by atoms with Gasteiger partial charge in [-0.3, -0.25) is 14.0 Å². The van der Waals surface area contributed by atoms with Gasteiger partial charge in [0.1, 0.15) is 18.0 Å². The smallest absolute Gasteiger partial charge is 0.316 e. The first kappa shape index (κ1) is 18.2. The third-order valence-electron chi connectivity index (χ3n) is 3.89. The Hall–Kier alpha value is -2.61. The van der Waals surface area contributed by atoms with Gasteiger partial charge in [-0.2, -0.15) is 0 Å². The largest absolute Gasteiger partial charge is 0.459 e. The normalized spacial score (nSPS) is 11.0. The van der Waals surface area contributed by atoms with Crippen molar-refractivity contribution in [2.75, 3.05) is 5.75 Å². The van der Waals surface area contributed by atoms with E-state index < -0.39 is 0 Å². The summed E-state index contributed by atoms with van der Waals surface area (Å²) in [7, 11) is 0. The van der Waals surface area contributed by atoms with Crippen LogP contribution in [-0.4, -0.2) is 26.3 Å². The molecule has 0 spiro atoms. The molecule has 136 valence electrons. The molecule has 8 heteroatoms. The third kappa shape index (κ3) is 4.13. The molecule has 0 unspecified atom stereocenters. The zero-order valence-electron chi connectivity index (χ0n) is 14.8. The number of nitrogens with zero attached hydrogens (tertiary/aromatic N) is 3. The van der Waals surface area contributed by atoms with Crippen molar-refractivity contribution in [3.63, 3.8) is 0 Å². The summed E-state index contributed by atoms with van der Waals surface area (Å²) in [5, 5.41) is 3.88. The van der Waals surface area contributed by atoms with Crippen molar-refractivity contribution >= 4 is 23.4 Å². The SMILES string of the molecule is Cc1ccc2nc(COC(=O)CSCc3c(C)noc3C)cc(=O)n2c1. The van der Waals surface area contributed by atoms with Crippen LogP contribution in [0, 0.1) is 20.8 Å². The fraction of sp³-hybridized carbons (Fsp3) is 0.333. The number of thioether (sulfide) groups is 1. The maximum Gasteiger partial charge on any atom is 0.316 e. The highest BCUT2D eigenvalue weighted by Crippen LogP contribution is 2.19. The van der Waals surface area contributed by atoms with Gasteiger partial charge in [-0.1, -0.05) is 11.2 Å². The Morgan fingerprint density at radius 3 is 2.85 bits per heavy atom. The molecule has 3 heterocycles. The fourth-order valence-corrected chi connectivity index (χ4v) is 3.44. The van der Waals surface area contributed by atoms with Crippen LogP contribution < -0.4 is 5.56 Å². The Kier molecular flexibility index (Phi) is 5.41. The van der Waals surface area contributed by atoms with E-state index >= 15 is 0 Å². The molecule has 0 fully saturated rings. The van der Waals surface area contributed by atoms with Crippen LogP contribution >= 0.6 is 11.8 Å². The van der Waals surface area contributed by atoms with Crippen LogP contribution in [0.5, 0.6) is 0 Å². The second-order valence-corrected chi connectivity index (χ2v) is 6.96. The van der Waals surface area contributed by atoms with Crippen molar-refractivity contribution in [3.8, 4) is 0 Å². The zero-order chi connectivity index (χ0) is 18.7. The van der Waals surface area contributed by atoms with E-state index in [2.05, 4.69) is 10.1 Å². The molecule has 7 nitrogen and oxygen atoms in total. The highest BCUT2D eigenvalue weighted by molar-refractivity contribution is 7.99. The Morgan fingerprint density at radius 1 is 1.31 bits per heavy atom. The lowest BCUT2D eigenvalue weighted by atomic mass is 10.2. The highest BCUT2D eigenvalue weighted by Gasteiger charge is 2.11. The number of hydrogen-bond acceptors (Lipinski definition) is 7. The number of rotatable bonds is 6. The molecule has 0 amide bonds. The molecule has 0 aliphatic rings. The van der Waals surface area contributed by atoms with Crippen molar-refractivity contribution in [1.29, 1.82) is 0 Å². The van der Waals surface area contributed by atoms with Crippen LogP contribution in [-0.2, 0) is 21.9 Å². The van der Waals surface area contributed by atoms with Gasteiger partial charge in [0, 0.05) is 23.6 Å². The maximum atomic E-state index is 12.1. The van der Waals surface area contributed by atoms with Gasteiger partial charge < -0.3 is 9.26 Å². The lowest BCUT2D eigenvalue weighted by molar-refractivity contribution is -0.141. The van der Waals surface area contributed by atoms with E-state index in [0.29, 0.717) is 17.1 Å². The van der Waals surface area contributed by atoms with Crippen LogP contribution in [0.2, 0.25) is 0 Å². The first-order valence-corrected chi connectivity index (χ1v) is 9.23. The Labute approximate surface area is 154 Å². The number of aryl methyl sites for hydroxylation is 3. The van der Waals surface area contributed by atoms with E-state index in [0.717, 1.165) is 22.6 Å². The van der Waals surface area contributed by atoms with Crippen molar-refractivity contribution in [3.05, 3.63) is 63.0 Å². The van der Waals surface area contributed by atoms with E-state index in [-0.39, 0.29) is 23.9 Å². The van der Waals surface area contributed by atoms with Crippen molar-refractivity contribution in [2.45, 2.75) is 33.1 Å². The highest BCUT2D eigenvalue weighted by atomic mass is 32.2. The third-order valence-corrected chi connectivity index (χ3v) is 4.82. The number of hydrogen-bond donors (Lipinski definition) is 0. The van der Waals surface area contributed by atoms with E-state index in [4.69, 9.17) is 9.26 Å². The van der Waals surface area contributed by atoms with E-state index in [9.17, 15) is 9.59 Å². The first-order valence-electron chi connectivity index (χ1n) is 8.08. The molecule has 0 aliphatic carbocycles. The average Bonchev–Trinajstić information content (AvgIpc) is 2.92. The van der Waals surface area contributed by atoms with Gasteiger partial charge in [-0.05, 0) is 32.4 Å². The monoisotopic (exact) mass is 373 g/mol. The molecule has 0 aromatic carbocycles. The van der Waals surface area contributed by atoms with Crippen LogP contribution in [0.25, 0.3) is 5.65 Å². The number of aromatic nitrogens is 3. The molecule has 0 bridgehead atoms. The Bertz CT molecular complexity index is 990. The van der Waals surface area contributed by atoms with E-state index in [1.54, 1.807) is 12.3 Å². The standard InChI is InChI=1S/C18H19N3O4S/c1-11-4-5-16-19-14(6-17(22)21(16)7-11)8-24-18(23)10-26-9-15-12(2)20-25-13(15)3/h4-7H,8-10H2,1-3H3. The molecular formula is C18H19N3O4S. The number of pyridine rings is 1. The van der Waals surface area contributed by atoms with Gasteiger partial charge in [0.15, 0.2) is 0 Å². The van der Waals surface area contributed by atoms with E-state index in [1.807, 2.05) is 26.8 Å². The molecule has 26 heavy (non-hydrogen) atoms. The summed E-state index contributed by atoms with van der Waals surface area (Å²) in [6, 6.07) is 5.03. The minimum absolute atomic E-state index is 0.0235. The molecule has 0 saturated carbocycles. The first-order chi connectivity index (χ1) is 12.4. The zero-order valence-corrected chi connectivity index (χ0v) is 15.6. The lowest BCUT2D eigenvalue weighted by Crippen LogP contribution is -2.17. The van der Waals surface area contributed by atoms with Crippen molar-refractivity contribution in [2.24, 2.45) is 0 Å². The Balaban J connectivity index is 1.55. The molecule has 0 atom stereocenters. The maximum absolute atomic E-state index is 12.1. The topological polar surface area (TPSA) is 86.7 Å². The van der Waals surface area contributed by atoms with Gasteiger partial charge in [-0.15, -0.1) is 11.8 Å². The number of carbonyl (C=O) groups excluding carboxylic acids is 1. The van der Waals surface area contributed by atoms with Gasteiger partial charge in [0.25, 0.3) is 5.56 Å². The molecule has 0 saturated heterocycles. The summed E-state index contributed by atoms with van der Waals surface area (Å²) in [4.78, 5) is 28.4. The summed E-state index contributed by atoms with van der Waals surface area (Å²) in [6.07, 6.45) is 1.73. The minimum atomic E-state index is -0.354. The average molecular weight is 373 g/mol. The van der Waals surface area contributed by atoms with Gasteiger partial charge in [-0.25, -0.2) is 4.98 Å². The predicted molar refractivity (Wildman–Crippen MR) is 98.1 cm³/mol. The summed E-state index contributed by atoms with van der Waals surface area (Å²) in [6.45, 7) is 5.60. The summed E-state index contributed by atoms with van der Waals surface area (Å²) < 4.78 is 11.8. The van der Waals surface area contributed by atoms with Crippen LogP contribution in [0.1, 0.15) is 28.3 Å². The number of fused-ring (bicyclic) bond motifs is 1. The van der Waals surface area contributed by atoms with Gasteiger partial charge in [0.2, 0.25) is 0 Å². The van der Waals surface area contributed by atoms with Gasteiger partial charge in [0.05, 0.1) is 17.1 Å². The van der Waals surface area contributed by atoms with Crippen LogP contribution in [0.3, 0.4) is 0 Å².